The molecule has 2 fully saturated rings. The van der Waals surface area contributed by atoms with Crippen molar-refractivity contribution in [1.29, 1.82) is 0 Å². The topological polar surface area (TPSA) is 61.4 Å². The van der Waals surface area contributed by atoms with Crippen LogP contribution in [0.2, 0.25) is 0 Å². The zero-order valence-corrected chi connectivity index (χ0v) is 8.08. The summed E-state index contributed by atoms with van der Waals surface area (Å²) >= 11 is 0. The fourth-order valence-electron chi connectivity index (χ4n) is 1.90. The number of amides is 2. The van der Waals surface area contributed by atoms with E-state index in [0.29, 0.717) is 12.8 Å². The normalized spacial score (nSPS) is 27.6. The Kier molecular flexibility index (Phi) is 2.67. The molecular weight excluding hydrogens is 182 g/mol. The summed E-state index contributed by atoms with van der Waals surface area (Å²) < 4.78 is 0. The predicted octanol–water partition coefficient (Wildman–Crippen LogP) is -1.30. The third-order valence-corrected chi connectivity index (χ3v) is 2.72. The Hall–Kier alpha value is -1.10. The molecule has 2 aliphatic rings. The van der Waals surface area contributed by atoms with E-state index in [2.05, 4.69) is 10.6 Å². The van der Waals surface area contributed by atoms with Gasteiger partial charge in [0.1, 0.15) is 6.04 Å². The van der Waals surface area contributed by atoms with Gasteiger partial charge < -0.3 is 15.5 Å². The van der Waals surface area contributed by atoms with Gasteiger partial charge in [0.15, 0.2) is 0 Å². The Morgan fingerprint density at radius 1 is 1.36 bits per heavy atom. The highest BCUT2D eigenvalue weighted by atomic mass is 16.2. The fraction of sp³-hybridized carbons (Fsp3) is 0.778. The van der Waals surface area contributed by atoms with E-state index in [9.17, 15) is 9.59 Å². The van der Waals surface area contributed by atoms with E-state index in [0.717, 1.165) is 26.2 Å². The van der Waals surface area contributed by atoms with Crippen LogP contribution in [0.25, 0.3) is 0 Å². The number of hydrogen-bond acceptors (Lipinski definition) is 3. The lowest BCUT2D eigenvalue weighted by molar-refractivity contribution is -0.134. The van der Waals surface area contributed by atoms with Crippen molar-refractivity contribution in [3.63, 3.8) is 0 Å². The second-order valence-corrected chi connectivity index (χ2v) is 3.73. The Bertz CT molecular complexity index is 248. The third-order valence-electron chi connectivity index (χ3n) is 2.72. The van der Waals surface area contributed by atoms with Crippen LogP contribution in [0.3, 0.4) is 0 Å². The molecule has 2 saturated heterocycles. The molecule has 0 aliphatic carbocycles. The minimum Gasteiger partial charge on any atom is -0.344 e. The molecular formula is C9H15N3O2. The van der Waals surface area contributed by atoms with Crippen molar-refractivity contribution in [2.45, 2.75) is 18.9 Å². The number of nitrogens with one attached hydrogen (secondary N) is 2. The minimum atomic E-state index is -0.263. The van der Waals surface area contributed by atoms with E-state index in [-0.39, 0.29) is 17.9 Å². The van der Waals surface area contributed by atoms with Crippen molar-refractivity contribution < 1.29 is 9.59 Å². The van der Waals surface area contributed by atoms with Gasteiger partial charge in [0.05, 0.1) is 0 Å². The van der Waals surface area contributed by atoms with E-state index in [1.165, 1.54) is 0 Å². The lowest BCUT2D eigenvalue weighted by Gasteiger charge is -2.29. The van der Waals surface area contributed by atoms with Gasteiger partial charge in [-0.1, -0.05) is 0 Å². The predicted molar refractivity (Wildman–Crippen MR) is 50.6 cm³/mol. The molecule has 0 spiro atoms. The first-order valence-electron chi connectivity index (χ1n) is 5.06. The smallest absolute Gasteiger partial charge is 0.245 e. The molecule has 2 heterocycles. The summed E-state index contributed by atoms with van der Waals surface area (Å²) in [4.78, 5) is 24.6. The first kappa shape index (κ1) is 9.45. The molecule has 78 valence electrons. The molecule has 0 aromatic carbocycles. The number of carbonyl (C=O) groups excluding carboxylic acids is 2. The van der Waals surface area contributed by atoms with Gasteiger partial charge in [0, 0.05) is 32.6 Å². The summed E-state index contributed by atoms with van der Waals surface area (Å²) in [6.45, 7) is 3.22. The number of carbonyl (C=O) groups is 2. The van der Waals surface area contributed by atoms with Crippen molar-refractivity contribution in [3.05, 3.63) is 0 Å². The summed E-state index contributed by atoms with van der Waals surface area (Å²) in [7, 11) is 0. The van der Waals surface area contributed by atoms with Gasteiger partial charge in [-0.2, -0.15) is 0 Å². The average molecular weight is 197 g/mol. The van der Waals surface area contributed by atoms with Crippen LogP contribution in [-0.2, 0) is 9.59 Å². The molecule has 0 saturated carbocycles. The molecule has 0 aromatic heterocycles. The quantitative estimate of drug-likeness (QED) is 0.549. The highest BCUT2D eigenvalue weighted by molar-refractivity contribution is 5.90. The van der Waals surface area contributed by atoms with Crippen LogP contribution in [0.1, 0.15) is 12.8 Å². The second kappa shape index (κ2) is 3.96. The van der Waals surface area contributed by atoms with Crippen LogP contribution < -0.4 is 10.6 Å². The molecule has 0 bridgehead atoms. The molecule has 0 radical (unpaired) electrons. The van der Waals surface area contributed by atoms with E-state index >= 15 is 0 Å². The second-order valence-electron chi connectivity index (χ2n) is 3.73. The molecule has 2 amide bonds. The highest BCUT2D eigenvalue weighted by Crippen LogP contribution is 2.10. The van der Waals surface area contributed by atoms with E-state index in [4.69, 9.17) is 0 Å². The summed E-state index contributed by atoms with van der Waals surface area (Å²) in [5.74, 6) is 0.0795. The Balaban J connectivity index is 1.90. The van der Waals surface area contributed by atoms with Crippen LogP contribution in [0.15, 0.2) is 0 Å². The summed E-state index contributed by atoms with van der Waals surface area (Å²) in [6.07, 6.45) is 1.14. The van der Waals surface area contributed by atoms with Crippen LogP contribution in [0.4, 0.5) is 0 Å². The molecule has 14 heavy (non-hydrogen) atoms. The molecule has 1 atom stereocenters. The maximum Gasteiger partial charge on any atom is 0.245 e. The maximum atomic E-state index is 11.8. The summed E-state index contributed by atoms with van der Waals surface area (Å²) in [6, 6.07) is -0.263. The van der Waals surface area contributed by atoms with Gasteiger partial charge >= 0.3 is 0 Å². The highest BCUT2D eigenvalue weighted by Gasteiger charge is 2.30. The van der Waals surface area contributed by atoms with Crippen molar-refractivity contribution in [2.75, 3.05) is 26.2 Å². The third kappa shape index (κ3) is 1.87. The first-order chi connectivity index (χ1) is 6.77. The van der Waals surface area contributed by atoms with Gasteiger partial charge in [-0.25, -0.2) is 0 Å². The van der Waals surface area contributed by atoms with Gasteiger partial charge in [0.2, 0.25) is 11.8 Å². The monoisotopic (exact) mass is 197 g/mol. The number of rotatable bonds is 1. The molecule has 0 aromatic rings. The lowest BCUT2D eigenvalue weighted by atomic mass is 10.2. The Morgan fingerprint density at radius 2 is 2.07 bits per heavy atom. The van der Waals surface area contributed by atoms with Crippen molar-refractivity contribution in [1.82, 2.24) is 15.5 Å². The minimum absolute atomic E-state index is 0.00140. The van der Waals surface area contributed by atoms with Crippen molar-refractivity contribution in [3.8, 4) is 0 Å². The first-order valence-corrected chi connectivity index (χ1v) is 5.06. The summed E-state index contributed by atoms with van der Waals surface area (Å²) in [5, 5.41) is 5.89. The van der Waals surface area contributed by atoms with Crippen LogP contribution in [0.5, 0.6) is 0 Å². The van der Waals surface area contributed by atoms with E-state index in [1.54, 1.807) is 0 Å². The van der Waals surface area contributed by atoms with Gasteiger partial charge in [0.25, 0.3) is 0 Å². The molecule has 5 heteroatoms. The van der Waals surface area contributed by atoms with Crippen LogP contribution in [-0.4, -0.2) is 48.9 Å². The fourth-order valence-corrected chi connectivity index (χ4v) is 1.90. The SMILES string of the molecule is O=C1CCC(C(=O)N2CCNCC2)N1. The van der Waals surface area contributed by atoms with E-state index in [1.807, 2.05) is 4.90 Å². The van der Waals surface area contributed by atoms with Crippen molar-refractivity contribution >= 4 is 11.8 Å². The van der Waals surface area contributed by atoms with Gasteiger partial charge in [-0.3, -0.25) is 9.59 Å². The molecule has 1 unspecified atom stereocenters. The number of hydrogen-bond donors (Lipinski definition) is 2. The van der Waals surface area contributed by atoms with Crippen molar-refractivity contribution in [2.24, 2.45) is 0 Å². The lowest BCUT2D eigenvalue weighted by Crippen LogP contribution is -2.52. The molecule has 5 nitrogen and oxygen atoms in total. The number of piperazine rings is 1. The molecule has 2 aliphatic heterocycles. The van der Waals surface area contributed by atoms with Crippen LogP contribution >= 0.6 is 0 Å². The largest absolute Gasteiger partial charge is 0.344 e. The van der Waals surface area contributed by atoms with Gasteiger partial charge in [-0.15, -0.1) is 0 Å². The zero-order valence-electron chi connectivity index (χ0n) is 8.08. The standard InChI is InChI=1S/C9H15N3O2/c13-8-2-1-7(11-8)9(14)12-5-3-10-4-6-12/h7,10H,1-6H2,(H,11,13). The Labute approximate surface area is 82.8 Å². The zero-order chi connectivity index (χ0) is 9.97. The van der Waals surface area contributed by atoms with Gasteiger partial charge in [-0.05, 0) is 6.42 Å². The maximum absolute atomic E-state index is 11.8. The summed E-state index contributed by atoms with van der Waals surface area (Å²) in [5.41, 5.74) is 0. The molecule has 2 N–H and O–H groups in total. The average Bonchev–Trinajstić information content (AvgIpc) is 2.65. The Morgan fingerprint density at radius 3 is 2.64 bits per heavy atom. The van der Waals surface area contributed by atoms with Crippen LogP contribution in [0, 0.1) is 0 Å². The van der Waals surface area contributed by atoms with E-state index < -0.39 is 0 Å². The molecule has 2 rings (SSSR count). The number of nitrogens with zero attached hydrogens (tertiary/aromatic N) is 1.